The van der Waals surface area contributed by atoms with E-state index in [-0.39, 0.29) is 12.0 Å². The molecular formula is C14H19BrN2O2. The van der Waals surface area contributed by atoms with Crippen molar-refractivity contribution in [2.75, 3.05) is 25.0 Å². The highest BCUT2D eigenvalue weighted by Crippen LogP contribution is 2.16. The molecule has 0 saturated carbocycles. The lowest BCUT2D eigenvalue weighted by molar-refractivity contribution is 0.0160. The van der Waals surface area contributed by atoms with E-state index in [1.807, 2.05) is 24.0 Å². The summed E-state index contributed by atoms with van der Waals surface area (Å²) >= 11 is 3.35. The van der Waals surface area contributed by atoms with Gasteiger partial charge in [-0.25, -0.2) is 0 Å². The molecule has 4 nitrogen and oxygen atoms in total. The molecule has 1 aromatic heterocycles. The van der Waals surface area contributed by atoms with Crippen molar-refractivity contribution in [2.45, 2.75) is 25.9 Å². The number of pyridine rings is 1. The van der Waals surface area contributed by atoms with Crippen LogP contribution in [0, 0.1) is 6.92 Å². The van der Waals surface area contributed by atoms with Crippen molar-refractivity contribution in [1.82, 2.24) is 9.88 Å². The van der Waals surface area contributed by atoms with Crippen LogP contribution < -0.4 is 0 Å². The fourth-order valence-electron chi connectivity index (χ4n) is 2.21. The zero-order valence-electron chi connectivity index (χ0n) is 11.1. The highest BCUT2D eigenvalue weighted by Gasteiger charge is 2.23. The van der Waals surface area contributed by atoms with Gasteiger partial charge in [-0.3, -0.25) is 9.78 Å². The Morgan fingerprint density at radius 2 is 2.21 bits per heavy atom. The van der Waals surface area contributed by atoms with Crippen LogP contribution in [0.25, 0.3) is 0 Å². The summed E-state index contributed by atoms with van der Waals surface area (Å²) in [7, 11) is 0. The number of rotatable bonds is 4. The Balaban J connectivity index is 1.87. The maximum absolute atomic E-state index is 12.3. The Kier molecular flexibility index (Phi) is 5.34. The van der Waals surface area contributed by atoms with Gasteiger partial charge >= 0.3 is 0 Å². The average molecular weight is 327 g/mol. The maximum atomic E-state index is 12.3. The molecule has 0 aliphatic carbocycles. The van der Waals surface area contributed by atoms with Gasteiger partial charge in [0.1, 0.15) is 0 Å². The van der Waals surface area contributed by atoms with Gasteiger partial charge in [0, 0.05) is 30.3 Å². The third-order valence-corrected chi connectivity index (χ3v) is 3.64. The molecule has 104 valence electrons. The third kappa shape index (κ3) is 4.01. The van der Waals surface area contributed by atoms with Gasteiger partial charge in [-0.1, -0.05) is 15.9 Å². The number of hydrogen-bond acceptors (Lipinski definition) is 3. The first kappa shape index (κ1) is 14.5. The monoisotopic (exact) mass is 326 g/mol. The molecule has 0 bridgehead atoms. The minimum atomic E-state index is 0.0754. The summed E-state index contributed by atoms with van der Waals surface area (Å²) in [5.74, 6) is 0.0754. The molecule has 1 saturated heterocycles. The van der Waals surface area contributed by atoms with Crippen molar-refractivity contribution in [3.63, 3.8) is 0 Å². The molecule has 0 aromatic carbocycles. The van der Waals surface area contributed by atoms with E-state index in [0.29, 0.717) is 5.56 Å². The summed E-state index contributed by atoms with van der Waals surface area (Å²) in [6.07, 6.45) is 3.78. The van der Waals surface area contributed by atoms with E-state index in [1.54, 1.807) is 6.20 Å². The quantitative estimate of drug-likeness (QED) is 0.798. The number of halogens is 1. The Morgan fingerprint density at radius 3 is 2.79 bits per heavy atom. The van der Waals surface area contributed by atoms with Gasteiger partial charge in [0.05, 0.1) is 18.3 Å². The molecule has 0 spiro atoms. The first-order chi connectivity index (χ1) is 9.20. The average Bonchev–Trinajstić information content (AvgIpc) is 2.46. The van der Waals surface area contributed by atoms with Gasteiger partial charge < -0.3 is 9.64 Å². The van der Waals surface area contributed by atoms with Gasteiger partial charge in [-0.05, 0) is 31.9 Å². The van der Waals surface area contributed by atoms with E-state index in [4.69, 9.17) is 4.74 Å². The summed E-state index contributed by atoms with van der Waals surface area (Å²) in [5, 5.41) is 0.862. The number of likely N-dealkylation sites (tertiary alicyclic amines) is 1. The highest BCUT2D eigenvalue weighted by atomic mass is 79.9. The lowest BCUT2D eigenvalue weighted by Crippen LogP contribution is -2.41. The van der Waals surface area contributed by atoms with Crippen molar-refractivity contribution < 1.29 is 9.53 Å². The lowest BCUT2D eigenvalue weighted by Gasteiger charge is -2.31. The van der Waals surface area contributed by atoms with E-state index in [2.05, 4.69) is 20.9 Å². The summed E-state index contributed by atoms with van der Waals surface area (Å²) < 4.78 is 5.68. The molecule has 1 amide bonds. The first-order valence-corrected chi connectivity index (χ1v) is 7.72. The zero-order chi connectivity index (χ0) is 13.7. The molecule has 1 aromatic rings. The van der Waals surface area contributed by atoms with Crippen LogP contribution in [-0.4, -0.2) is 46.9 Å². The number of carbonyl (C=O) groups is 1. The summed E-state index contributed by atoms with van der Waals surface area (Å²) in [4.78, 5) is 18.3. The Morgan fingerprint density at radius 1 is 1.47 bits per heavy atom. The van der Waals surface area contributed by atoms with Crippen LogP contribution in [0.3, 0.4) is 0 Å². The van der Waals surface area contributed by atoms with Crippen LogP contribution in [-0.2, 0) is 4.74 Å². The third-order valence-electron chi connectivity index (χ3n) is 3.32. The molecule has 0 N–H and O–H groups in total. The number of piperidine rings is 1. The maximum Gasteiger partial charge on any atom is 0.255 e. The second-order valence-corrected chi connectivity index (χ2v) is 5.53. The second kappa shape index (κ2) is 7.01. The molecule has 2 rings (SSSR count). The molecular weight excluding hydrogens is 308 g/mol. The van der Waals surface area contributed by atoms with Gasteiger partial charge in [0.15, 0.2) is 0 Å². The van der Waals surface area contributed by atoms with E-state index >= 15 is 0 Å². The molecule has 1 fully saturated rings. The van der Waals surface area contributed by atoms with Gasteiger partial charge in [-0.15, -0.1) is 0 Å². The number of aryl methyl sites for hydroxylation is 1. The van der Waals surface area contributed by atoms with Gasteiger partial charge in [0.2, 0.25) is 0 Å². The van der Waals surface area contributed by atoms with E-state index in [1.165, 1.54) is 0 Å². The number of hydrogen-bond donors (Lipinski definition) is 0. The van der Waals surface area contributed by atoms with Crippen molar-refractivity contribution in [3.8, 4) is 0 Å². The lowest BCUT2D eigenvalue weighted by atomic mass is 10.1. The summed E-state index contributed by atoms with van der Waals surface area (Å²) in [6.45, 7) is 4.18. The normalized spacial score (nSPS) is 16.6. The second-order valence-electron chi connectivity index (χ2n) is 4.74. The number of carbonyl (C=O) groups excluding carboxylic acids is 1. The predicted molar refractivity (Wildman–Crippen MR) is 77.6 cm³/mol. The van der Waals surface area contributed by atoms with E-state index < -0.39 is 0 Å². The fraction of sp³-hybridized carbons (Fsp3) is 0.571. The van der Waals surface area contributed by atoms with Crippen molar-refractivity contribution in [3.05, 3.63) is 29.6 Å². The topological polar surface area (TPSA) is 42.4 Å². The van der Waals surface area contributed by atoms with Crippen LogP contribution in [0.1, 0.15) is 28.9 Å². The van der Waals surface area contributed by atoms with E-state index in [9.17, 15) is 4.79 Å². The Labute approximate surface area is 122 Å². The van der Waals surface area contributed by atoms with Crippen molar-refractivity contribution >= 4 is 21.8 Å². The van der Waals surface area contributed by atoms with Gasteiger partial charge in [0.25, 0.3) is 5.91 Å². The number of amides is 1. The Bertz CT molecular complexity index is 414. The standard InChI is InChI=1S/C14H19BrN2O2/c1-11-2-3-12(10-16-11)14(18)17-7-4-13(5-8-17)19-9-6-15/h2-3,10,13H,4-9H2,1H3. The van der Waals surface area contributed by atoms with Crippen LogP contribution in [0.15, 0.2) is 18.3 Å². The zero-order valence-corrected chi connectivity index (χ0v) is 12.7. The fourth-order valence-corrected chi connectivity index (χ4v) is 2.40. The molecule has 5 heteroatoms. The molecule has 1 aliphatic heterocycles. The number of ether oxygens (including phenoxy) is 1. The molecule has 2 heterocycles. The minimum Gasteiger partial charge on any atom is -0.377 e. The number of alkyl halides is 1. The summed E-state index contributed by atoms with van der Waals surface area (Å²) in [5.41, 5.74) is 1.60. The molecule has 0 radical (unpaired) electrons. The first-order valence-electron chi connectivity index (χ1n) is 6.60. The largest absolute Gasteiger partial charge is 0.377 e. The molecule has 1 aliphatic rings. The minimum absolute atomic E-state index is 0.0754. The Hall–Kier alpha value is -0.940. The molecule has 19 heavy (non-hydrogen) atoms. The predicted octanol–water partition coefficient (Wildman–Crippen LogP) is 2.41. The van der Waals surface area contributed by atoms with Crippen LogP contribution in [0.4, 0.5) is 0 Å². The van der Waals surface area contributed by atoms with Crippen molar-refractivity contribution in [2.24, 2.45) is 0 Å². The van der Waals surface area contributed by atoms with Crippen LogP contribution in [0.5, 0.6) is 0 Å². The van der Waals surface area contributed by atoms with Gasteiger partial charge in [-0.2, -0.15) is 0 Å². The number of nitrogens with zero attached hydrogens (tertiary/aromatic N) is 2. The SMILES string of the molecule is Cc1ccc(C(=O)N2CCC(OCCBr)CC2)cn1. The highest BCUT2D eigenvalue weighted by molar-refractivity contribution is 9.09. The summed E-state index contributed by atoms with van der Waals surface area (Å²) in [6, 6.07) is 3.72. The smallest absolute Gasteiger partial charge is 0.255 e. The molecule has 0 atom stereocenters. The number of aromatic nitrogens is 1. The van der Waals surface area contributed by atoms with Crippen molar-refractivity contribution in [1.29, 1.82) is 0 Å². The van der Waals surface area contributed by atoms with Crippen LogP contribution in [0.2, 0.25) is 0 Å². The molecule has 0 unspecified atom stereocenters. The van der Waals surface area contributed by atoms with E-state index in [0.717, 1.165) is 43.6 Å². The van der Waals surface area contributed by atoms with Crippen LogP contribution >= 0.6 is 15.9 Å².